The molecule has 3 aromatic rings. The Labute approximate surface area is 268 Å². The number of likely N-dealkylation sites (tertiary alicyclic amines) is 1. The molecule has 12 heteroatoms. The number of alkyl halides is 6. The fraction of sp³-hybridized carbons (Fsp3) is 0.412. The lowest BCUT2D eigenvalue weighted by Gasteiger charge is -2.40. The zero-order chi connectivity index (χ0) is 33.4. The summed E-state index contributed by atoms with van der Waals surface area (Å²) in [6, 6.07) is 16.0. The third-order valence-electron chi connectivity index (χ3n) is 9.21. The number of fused-ring (bicyclic) bond motifs is 2. The molecule has 0 aromatic heterocycles. The van der Waals surface area contributed by atoms with Gasteiger partial charge in [0.25, 0.3) is 5.91 Å². The number of hydrogen-bond donors (Lipinski definition) is 0. The molecule has 46 heavy (non-hydrogen) atoms. The van der Waals surface area contributed by atoms with Crippen molar-refractivity contribution in [3.63, 3.8) is 0 Å². The van der Waals surface area contributed by atoms with Gasteiger partial charge in [0.05, 0.1) is 11.1 Å². The van der Waals surface area contributed by atoms with Crippen LogP contribution in [-0.4, -0.2) is 61.4 Å². The van der Waals surface area contributed by atoms with Crippen LogP contribution in [0.3, 0.4) is 0 Å². The largest absolute Gasteiger partial charge is 0.416 e. The second kappa shape index (κ2) is 12.9. The third kappa shape index (κ3) is 7.20. The molecular formula is C34H34ClF6N3O2. The third-order valence-corrected chi connectivity index (χ3v) is 9.44. The van der Waals surface area contributed by atoms with Gasteiger partial charge in [-0.3, -0.25) is 9.59 Å². The van der Waals surface area contributed by atoms with Crippen LogP contribution in [0, 0.1) is 0 Å². The van der Waals surface area contributed by atoms with E-state index in [4.69, 9.17) is 11.6 Å². The summed E-state index contributed by atoms with van der Waals surface area (Å²) in [6.07, 6.45) is -7.85. The number of para-hydroxylation sites is 1. The Kier molecular flexibility index (Phi) is 9.48. The highest BCUT2D eigenvalue weighted by molar-refractivity contribution is 6.30. The summed E-state index contributed by atoms with van der Waals surface area (Å²) in [5.74, 6) is -1.23. The number of nitrogens with zero attached hydrogens (tertiary/aromatic N) is 3. The fourth-order valence-corrected chi connectivity index (χ4v) is 6.92. The molecule has 1 fully saturated rings. The summed E-state index contributed by atoms with van der Waals surface area (Å²) >= 11 is 6.27. The standard InChI is InChI=1S/C34H34ClF6N3O2/c1-22(45)44-21-32(29-8-3-4-9-30(29)44)11-14-43(15-12-32)13-10-24(23-6-5-7-28(35)18-23)20-42(2)31(46)25-16-26(33(36,37)38)19-27(17-25)34(39,40)41/h3-9,16-19,24H,10-15,20-21H2,1-2H3. The maximum Gasteiger partial charge on any atom is 0.416 e. The summed E-state index contributed by atoms with van der Waals surface area (Å²) in [7, 11) is 1.37. The lowest BCUT2D eigenvalue weighted by Crippen LogP contribution is -2.46. The number of carbonyl (C=O) groups is 2. The van der Waals surface area contributed by atoms with Gasteiger partial charge in [0, 0.05) is 54.7 Å². The number of likely N-dealkylation sites (N-methyl/N-ethyl adjacent to an activating group) is 1. The molecule has 0 N–H and O–H groups in total. The number of rotatable bonds is 7. The summed E-state index contributed by atoms with van der Waals surface area (Å²) in [5.41, 5.74) is -0.938. The van der Waals surface area contributed by atoms with E-state index in [1.54, 1.807) is 25.1 Å². The molecule has 2 heterocycles. The summed E-state index contributed by atoms with van der Waals surface area (Å²) in [6.45, 7) is 4.47. The van der Waals surface area contributed by atoms with E-state index in [1.807, 2.05) is 29.2 Å². The molecule has 1 spiro atoms. The fourth-order valence-electron chi connectivity index (χ4n) is 6.72. The van der Waals surface area contributed by atoms with Crippen molar-refractivity contribution in [3.8, 4) is 0 Å². The summed E-state index contributed by atoms with van der Waals surface area (Å²) < 4.78 is 80.7. The highest BCUT2D eigenvalue weighted by atomic mass is 35.5. The summed E-state index contributed by atoms with van der Waals surface area (Å²) in [4.78, 5) is 31.0. The molecule has 2 aliphatic heterocycles. The van der Waals surface area contributed by atoms with E-state index in [0.29, 0.717) is 36.7 Å². The molecule has 3 aromatic carbocycles. The minimum atomic E-state index is -5.06. The van der Waals surface area contributed by atoms with Crippen LogP contribution >= 0.6 is 11.6 Å². The van der Waals surface area contributed by atoms with Gasteiger partial charge in [-0.2, -0.15) is 26.3 Å². The Morgan fingerprint density at radius 3 is 2.13 bits per heavy atom. The number of anilines is 1. The van der Waals surface area contributed by atoms with Gasteiger partial charge in [0.15, 0.2) is 0 Å². The highest BCUT2D eigenvalue weighted by Crippen LogP contribution is 2.47. The van der Waals surface area contributed by atoms with Gasteiger partial charge in [0.1, 0.15) is 0 Å². The molecule has 5 nitrogen and oxygen atoms in total. The molecule has 1 unspecified atom stereocenters. The van der Waals surface area contributed by atoms with E-state index in [1.165, 1.54) is 12.6 Å². The van der Waals surface area contributed by atoms with Crippen molar-refractivity contribution >= 4 is 29.1 Å². The van der Waals surface area contributed by atoms with Gasteiger partial charge in [-0.05, 0) is 86.4 Å². The SMILES string of the molecule is CC(=O)N1CC2(CCN(CCC(CN(C)C(=O)c3cc(C(F)(F)F)cc(C(F)(F)F)c3)c3cccc(Cl)c3)CC2)c2ccccc21. The van der Waals surface area contributed by atoms with Gasteiger partial charge in [-0.1, -0.05) is 41.9 Å². The first-order valence-corrected chi connectivity index (χ1v) is 15.4. The van der Waals surface area contributed by atoms with Gasteiger partial charge in [0.2, 0.25) is 5.91 Å². The normalized spacial score (nSPS) is 17.2. The van der Waals surface area contributed by atoms with Crippen LogP contribution in [0.4, 0.5) is 32.0 Å². The smallest absolute Gasteiger partial charge is 0.341 e. The van der Waals surface area contributed by atoms with Gasteiger partial charge >= 0.3 is 12.4 Å². The first kappa shape index (κ1) is 33.8. The molecule has 0 aliphatic carbocycles. The molecule has 0 saturated carbocycles. The van der Waals surface area contributed by atoms with Gasteiger partial charge in [-0.25, -0.2) is 0 Å². The maximum absolute atomic E-state index is 13.4. The van der Waals surface area contributed by atoms with Crippen molar-refractivity contribution in [2.24, 2.45) is 0 Å². The summed E-state index contributed by atoms with van der Waals surface area (Å²) in [5, 5.41) is 0.471. The Morgan fingerprint density at radius 1 is 0.913 bits per heavy atom. The molecule has 0 bridgehead atoms. The van der Waals surface area contributed by atoms with E-state index in [-0.39, 0.29) is 29.9 Å². The molecule has 2 amide bonds. The first-order chi connectivity index (χ1) is 21.6. The maximum atomic E-state index is 13.4. The van der Waals surface area contributed by atoms with Crippen molar-refractivity contribution in [2.45, 2.75) is 49.9 Å². The lowest BCUT2D eigenvalue weighted by atomic mass is 9.74. The van der Waals surface area contributed by atoms with Crippen molar-refractivity contribution in [1.29, 1.82) is 0 Å². The number of halogens is 7. The van der Waals surface area contributed by atoms with Crippen LogP contribution in [0.5, 0.6) is 0 Å². The Balaban J connectivity index is 1.31. The molecule has 5 rings (SSSR count). The quantitative estimate of drug-likeness (QED) is 0.240. The van der Waals surface area contributed by atoms with Crippen molar-refractivity contribution in [1.82, 2.24) is 9.80 Å². The van der Waals surface area contributed by atoms with E-state index >= 15 is 0 Å². The average Bonchev–Trinajstić information content (AvgIpc) is 3.32. The second-order valence-corrected chi connectivity index (χ2v) is 12.7. The van der Waals surface area contributed by atoms with Crippen LogP contribution in [-0.2, 0) is 22.6 Å². The molecule has 246 valence electrons. The molecule has 1 saturated heterocycles. The van der Waals surface area contributed by atoms with E-state index in [2.05, 4.69) is 11.0 Å². The number of benzene rings is 3. The van der Waals surface area contributed by atoms with Gasteiger partial charge < -0.3 is 14.7 Å². The van der Waals surface area contributed by atoms with Crippen molar-refractivity contribution in [3.05, 3.63) is 99.6 Å². The topological polar surface area (TPSA) is 43.9 Å². The molecule has 0 radical (unpaired) electrons. The lowest BCUT2D eigenvalue weighted by molar-refractivity contribution is -0.143. The highest BCUT2D eigenvalue weighted by Gasteiger charge is 2.45. The minimum absolute atomic E-state index is 0.00884. The Morgan fingerprint density at radius 2 is 1.54 bits per heavy atom. The predicted octanol–water partition coefficient (Wildman–Crippen LogP) is 8.02. The van der Waals surface area contributed by atoms with Gasteiger partial charge in [-0.15, -0.1) is 0 Å². The number of hydrogen-bond acceptors (Lipinski definition) is 3. The van der Waals surface area contributed by atoms with Crippen LogP contribution in [0.1, 0.15) is 64.7 Å². The Bertz CT molecular complexity index is 1570. The van der Waals surface area contributed by atoms with Crippen LogP contribution in [0.15, 0.2) is 66.7 Å². The predicted molar refractivity (Wildman–Crippen MR) is 164 cm³/mol. The van der Waals surface area contributed by atoms with Crippen LogP contribution in [0.25, 0.3) is 0 Å². The van der Waals surface area contributed by atoms with Crippen molar-refractivity contribution < 1.29 is 35.9 Å². The average molecular weight is 666 g/mol. The van der Waals surface area contributed by atoms with Crippen LogP contribution < -0.4 is 4.90 Å². The number of piperidine rings is 1. The molecule has 1 atom stereocenters. The Hall–Kier alpha value is -3.57. The van der Waals surface area contributed by atoms with Crippen molar-refractivity contribution in [2.75, 3.05) is 44.7 Å². The zero-order valence-corrected chi connectivity index (χ0v) is 26.1. The second-order valence-electron chi connectivity index (χ2n) is 12.3. The van der Waals surface area contributed by atoms with Crippen LogP contribution in [0.2, 0.25) is 5.02 Å². The molecule has 2 aliphatic rings. The monoisotopic (exact) mass is 665 g/mol. The van der Waals surface area contributed by atoms with E-state index in [0.717, 1.165) is 42.1 Å². The minimum Gasteiger partial charge on any atom is -0.341 e. The number of carbonyl (C=O) groups excluding carboxylic acids is 2. The number of amides is 2. The first-order valence-electron chi connectivity index (χ1n) is 15.0. The van der Waals surface area contributed by atoms with E-state index < -0.39 is 35.0 Å². The van der Waals surface area contributed by atoms with E-state index in [9.17, 15) is 35.9 Å². The molecular weight excluding hydrogens is 632 g/mol. The zero-order valence-electron chi connectivity index (χ0n) is 25.4.